The molecule has 18 heavy (non-hydrogen) atoms. The normalized spacial score (nSPS) is 22.2. The van der Waals surface area contributed by atoms with Crippen molar-refractivity contribution in [2.45, 2.75) is 25.8 Å². The number of sulfone groups is 1. The second-order valence-corrected chi connectivity index (χ2v) is 6.78. The van der Waals surface area contributed by atoms with Crippen molar-refractivity contribution < 1.29 is 13.3 Å². The highest BCUT2D eigenvalue weighted by Gasteiger charge is 2.35. The lowest BCUT2D eigenvalue weighted by Crippen LogP contribution is -2.12. The van der Waals surface area contributed by atoms with Crippen molar-refractivity contribution in [3.05, 3.63) is 21.0 Å². The number of hydrogen-bond donors (Lipinski definition) is 0. The van der Waals surface area contributed by atoms with Gasteiger partial charge < -0.3 is 0 Å². The molecule has 100 valence electrons. The summed E-state index contributed by atoms with van der Waals surface area (Å²) in [5.41, 5.74) is 0.0674. The van der Waals surface area contributed by atoms with Gasteiger partial charge >= 0.3 is 5.69 Å². The SMILES string of the molecule is CCc1nn(C2CCS(=O)(=O)C2)c(Cl)c1[N+](=O)[O-]. The predicted molar refractivity (Wildman–Crippen MR) is 65.6 cm³/mol. The van der Waals surface area contributed by atoms with Crippen LogP contribution in [0.2, 0.25) is 5.15 Å². The van der Waals surface area contributed by atoms with Crippen LogP contribution in [-0.2, 0) is 16.3 Å². The lowest BCUT2D eigenvalue weighted by atomic mass is 10.3. The Bertz CT molecular complexity index is 595. The van der Waals surface area contributed by atoms with E-state index in [-0.39, 0.29) is 28.0 Å². The third-order valence-corrected chi connectivity index (χ3v) is 5.07. The quantitative estimate of drug-likeness (QED) is 0.619. The summed E-state index contributed by atoms with van der Waals surface area (Å²) in [5, 5.41) is 14.9. The zero-order chi connectivity index (χ0) is 13.5. The molecule has 2 rings (SSSR count). The minimum absolute atomic E-state index is 0.0608. The van der Waals surface area contributed by atoms with E-state index in [4.69, 9.17) is 11.6 Å². The predicted octanol–water partition coefficient (Wildman–Crippen LogP) is 1.37. The molecule has 7 nitrogen and oxygen atoms in total. The van der Waals surface area contributed by atoms with Crippen LogP contribution < -0.4 is 0 Å². The summed E-state index contributed by atoms with van der Waals surface area (Å²) >= 11 is 5.94. The van der Waals surface area contributed by atoms with Crippen molar-refractivity contribution in [2.75, 3.05) is 11.5 Å². The van der Waals surface area contributed by atoms with Crippen LogP contribution in [0.5, 0.6) is 0 Å². The van der Waals surface area contributed by atoms with Crippen LogP contribution in [0.3, 0.4) is 0 Å². The van der Waals surface area contributed by atoms with Crippen molar-refractivity contribution in [1.29, 1.82) is 0 Å². The number of aryl methyl sites for hydroxylation is 1. The van der Waals surface area contributed by atoms with Crippen LogP contribution in [-0.4, -0.2) is 34.6 Å². The molecule has 0 saturated carbocycles. The number of rotatable bonds is 3. The van der Waals surface area contributed by atoms with Gasteiger partial charge in [0.1, 0.15) is 5.69 Å². The zero-order valence-corrected chi connectivity index (χ0v) is 11.2. The number of halogens is 1. The molecule has 9 heteroatoms. The van der Waals surface area contributed by atoms with E-state index in [1.54, 1.807) is 6.92 Å². The molecule has 0 aliphatic carbocycles. The lowest BCUT2D eigenvalue weighted by molar-refractivity contribution is -0.385. The molecule has 0 N–H and O–H groups in total. The molecule has 1 aromatic heterocycles. The maximum atomic E-state index is 11.4. The fraction of sp³-hybridized carbons (Fsp3) is 0.667. The van der Waals surface area contributed by atoms with Crippen molar-refractivity contribution in [2.24, 2.45) is 0 Å². The Hall–Kier alpha value is -1.15. The van der Waals surface area contributed by atoms with Crippen LogP contribution in [0.15, 0.2) is 0 Å². The first-order valence-electron chi connectivity index (χ1n) is 5.47. The summed E-state index contributed by atoms with van der Waals surface area (Å²) in [5.74, 6) is 0.0117. The maximum Gasteiger partial charge on any atom is 0.329 e. The van der Waals surface area contributed by atoms with E-state index in [1.807, 2.05) is 0 Å². The zero-order valence-electron chi connectivity index (χ0n) is 9.67. The smallest absolute Gasteiger partial charge is 0.258 e. The first-order chi connectivity index (χ1) is 8.35. The Morgan fingerprint density at radius 3 is 2.67 bits per heavy atom. The third kappa shape index (κ3) is 2.22. The molecule has 1 saturated heterocycles. The molecule has 1 aliphatic heterocycles. The molecule has 2 heterocycles. The van der Waals surface area contributed by atoms with Crippen molar-refractivity contribution in [3.63, 3.8) is 0 Å². The van der Waals surface area contributed by atoms with Gasteiger partial charge in [0.2, 0.25) is 5.15 Å². The van der Waals surface area contributed by atoms with Crippen molar-refractivity contribution >= 4 is 27.1 Å². The Morgan fingerprint density at radius 1 is 1.61 bits per heavy atom. The standard InChI is InChI=1S/C9H12ClN3O4S/c1-2-7-8(13(14)15)9(10)12(11-7)6-3-4-18(16,17)5-6/h6H,2-5H2,1H3. The second-order valence-electron chi connectivity index (χ2n) is 4.20. The van der Waals surface area contributed by atoms with Gasteiger partial charge in [0.15, 0.2) is 9.84 Å². The van der Waals surface area contributed by atoms with E-state index in [0.29, 0.717) is 12.8 Å². The molecular weight excluding hydrogens is 282 g/mol. The van der Waals surface area contributed by atoms with Gasteiger partial charge in [0, 0.05) is 0 Å². The Balaban J connectivity index is 2.44. The first kappa shape index (κ1) is 13.3. The average Bonchev–Trinajstić information content (AvgIpc) is 2.78. The highest BCUT2D eigenvalue weighted by atomic mass is 35.5. The highest BCUT2D eigenvalue weighted by molar-refractivity contribution is 7.91. The van der Waals surface area contributed by atoms with E-state index < -0.39 is 20.8 Å². The molecule has 0 radical (unpaired) electrons. The van der Waals surface area contributed by atoms with Crippen LogP contribution >= 0.6 is 11.6 Å². The lowest BCUT2D eigenvalue weighted by Gasteiger charge is -2.08. The Labute approximate surface area is 109 Å². The highest BCUT2D eigenvalue weighted by Crippen LogP contribution is 2.34. The largest absolute Gasteiger partial charge is 0.329 e. The van der Waals surface area contributed by atoms with Gasteiger partial charge in [-0.05, 0) is 12.8 Å². The molecule has 1 aliphatic rings. The fourth-order valence-corrected chi connectivity index (χ4v) is 4.12. The van der Waals surface area contributed by atoms with Gasteiger partial charge in [0.05, 0.1) is 22.5 Å². The summed E-state index contributed by atoms with van der Waals surface area (Å²) in [7, 11) is -3.08. The first-order valence-corrected chi connectivity index (χ1v) is 7.67. The minimum Gasteiger partial charge on any atom is -0.258 e. The van der Waals surface area contributed by atoms with E-state index in [9.17, 15) is 18.5 Å². The van der Waals surface area contributed by atoms with E-state index in [2.05, 4.69) is 5.10 Å². The topological polar surface area (TPSA) is 95.1 Å². The molecule has 0 aromatic carbocycles. The molecule has 1 aromatic rings. The van der Waals surface area contributed by atoms with Gasteiger partial charge in [-0.2, -0.15) is 5.10 Å². The Kier molecular flexibility index (Phi) is 3.33. The average molecular weight is 294 g/mol. The summed E-state index contributed by atoms with van der Waals surface area (Å²) in [6.07, 6.45) is 0.770. The van der Waals surface area contributed by atoms with E-state index >= 15 is 0 Å². The summed E-state index contributed by atoms with van der Waals surface area (Å²) in [6, 6.07) is -0.401. The molecule has 0 amide bonds. The van der Waals surface area contributed by atoms with Crippen LogP contribution in [0, 0.1) is 10.1 Å². The number of nitrogens with zero attached hydrogens (tertiary/aromatic N) is 3. The summed E-state index contributed by atoms with van der Waals surface area (Å²) in [4.78, 5) is 10.3. The number of hydrogen-bond acceptors (Lipinski definition) is 5. The number of nitro groups is 1. The molecule has 1 atom stereocenters. The monoisotopic (exact) mass is 293 g/mol. The Morgan fingerprint density at radius 2 is 2.28 bits per heavy atom. The molecule has 0 bridgehead atoms. The van der Waals surface area contributed by atoms with Gasteiger partial charge in [-0.3, -0.25) is 10.1 Å². The van der Waals surface area contributed by atoms with Gasteiger partial charge in [-0.1, -0.05) is 18.5 Å². The summed E-state index contributed by atoms with van der Waals surface area (Å²) in [6.45, 7) is 1.74. The van der Waals surface area contributed by atoms with E-state index in [0.717, 1.165) is 0 Å². The van der Waals surface area contributed by atoms with Gasteiger partial charge in [-0.25, -0.2) is 13.1 Å². The number of aromatic nitrogens is 2. The van der Waals surface area contributed by atoms with Crippen LogP contribution in [0.25, 0.3) is 0 Å². The van der Waals surface area contributed by atoms with Gasteiger partial charge in [-0.15, -0.1) is 0 Å². The van der Waals surface area contributed by atoms with Crippen molar-refractivity contribution in [3.8, 4) is 0 Å². The molecule has 1 fully saturated rings. The van der Waals surface area contributed by atoms with E-state index in [1.165, 1.54) is 4.68 Å². The summed E-state index contributed by atoms with van der Waals surface area (Å²) < 4.78 is 24.1. The third-order valence-electron chi connectivity index (χ3n) is 2.97. The van der Waals surface area contributed by atoms with Crippen molar-refractivity contribution in [1.82, 2.24) is 9.78 Å². The fourth-order valence-electron chi connectivity index (χ4n) is 2.08. The molecule has 0 spiro atoms. The molecular formula is C9H12ClN3O4S. The molecule has 1 unspecified atom stereocenters. The van der Waals surface area contributed by atoms with Crippen LogP contribution in [0.4, 0.5) is 5.69 Å². The second kappa shape index (κ2) is 4.51. The van der Waals surface area contributed by atoms with Gasteiger partial charge in [0.25, 0.3) is 0 Å². The minimum atomic E-state index is -3.08. The maximum absolute atomic E-state index is 11.4. The van der Waals surface area contributed by atoms with Crippen LogP contribution in [0.1, 0.15) is 25.1 Å².